The fourth-order valence-electron chi connectivity index (χ4n) is 1.92. The molecule has 1 amide bonds. The van der Waals surface area contributed by atoms with Gasteiger partial charge in [0, 0.05) is 5.70 Å². The molecule has 1 fully saturated rings. The average Bonchev–Trinajstić information content (AvgIpc) is 2.43. The highest BCUT2D eigenvalue weighted by atomic mass is 16.1. The molecule has 1 aliphatic carbocycles. The van der Waals surface area contributed by atoms with Crippen molar-refractivity contribution < 1.29 is 4.79 Å². The summed E-state index contributed by atoms with van der Waals surface area (Å²) < 4.78 is 0. The zero-order valence-electron chi connectivity index (χ0n) is 7.26. The third-order valence-electron chi connectivity index (χ3n) is 2.59. The van der Waals surface area contributed by atoms with Crippen molar-refractivity contribution in [3.63, 3.8) is 0 Å². The average molecular weight is 163 g/mol. The van der Waals surface area contributed by atoms with Crippen molar-refractivity contribution in [2.75, 3.05) is 0 Å². The van der Waals surface area contributed by atoms with Gasteiger partial charge in [0.1, 0.15) is 0 Å². The van der Waals surface area contributed by atoms with Crippen molar-refractivity contribution in [3.8, 4) is 0 Å². The Kier molecular flexibility index (Phi) is 1.75. The zero-order valence-corrected chi connectivity index (χ0v) is 7.26. The summed E-state index contributed by atoms with van der Waals surface area (Å²) in [6.07, 6.45) is 7.39. The van der Waals surface area contributed by atoms with E-state index in [1.165, 1.54) is 5.57 Å². The summed E-state index contributed by atoms with van der Waals surface area (Å²) in [5.41, 5.74) is 2.27. The van der Waals surface area contributed by atoms with Crippen LogP contribution in [-0.2, 0) is 4.79 Å². The predicted molar refractivity (Wildman–Crippen MR) is 47.3 cm³/mol. The Labute approximate surface area is 72.3 Å². The van der Waals surface area contributed by atoms with E-state index in [2.05, 4.69) is 11.4 Å². The van der Waals surface area contributed by atoms with Crippen LogP contribution in [0.5, 0.6) is 0 Å². The minimum Gasteiger partial charge on any atom is -0.330 e. The number of carbonyl (C=O) groups excluding carboxylic acids is 1. The van der Waals surface area contributed by atoms with Crippen molar-refractivity contribution >= 4 is 5.91 Å². The van der Waals surface area contributed by atoms with E-state index in [1.807, 2.05) is 13.0 Å². The van der Waals surface area contributed by atoms with E-state index in [9.17, 15) is 4.79 Å². The maximum absolute atomic E-state index is 11.5. The molecule has 0 aromatic heterocycles. The Hall–Kier alpha value is -1.05. The molecule has 0 saturated heterocycles. The molecule has 1 heterocycles. The molecular weight excluding hydrogens is 150 g/mol. The molecule has 1 N–H and O–H groups in total. The van der Waals surface area contributed by atoms with Crippen LogP contribution in [0, 0.1) is 5.92 Å². The monoisotopic (exact) mass is 163 g/mol. The van der Waals surface area contributed by atoms with Crippen LogP contribution in [0.3, 0.4) is 0 Å². The van der Waals surface area contributed by atoms with Crippen LogP contribution in [0.1, 0.15) is 26.2 Å². The molecule has 0 radical (unpaired) electrons. The van der Waals surface area contributed by atoms with Gasteiger partial charge in [0.05, 0.1) is 5.92 Å². The molecule has 2 nitrogen and oxygen atoms in total. The first kappa shape index (κ1) is 7.59. The van der Waals surface area contributed by atoms with Crippen LogP contribution in [0.15, 0.2) is 23.4 Å². The van der Waals surface area contributed by atoms with Crippen molar-refractivity contribution in [1.82, 2.24) is 5.32 Å². The lowest BCUT2D eigenvalue weighted by atomic mass is 10.0. The van der Waals surface area contributed by atoms with E-state index in [1.54, 1.807) is 0 Å². The van der Waals surface area contributed by atoms with Crippen molar-refractivity contribution in [2.24, 2.45) is 5.92 Å². The quantitative estimate of drug-likeness (QED) is 0.579. The normalized spacial score (nSPS) is 28.4. The third kappa shape index (κ3) is 1.17. The van der Waals surface area contributed by atoms with E-state index in [4.69, 9.17) is 0 Å². The summed E-state index contributed by atoms with van der Waals surface area (Å²) >= 11 is 0. The van der Waals surface area contributed by atoms with Crippen LogP contribution in [-0.4, -0.2) is 5.91 Å². The summed E-state index contributed by atoms with van der Waals surface area (Å²) in [7, 11) is 0. The summed E-state index contributed by atoms with van der Waals surface area (Å²) in [5.74, 6) is 0.351. The van der Waals surface area contributed by atoms with E-state index in [0.29, 0.717) is 0 Å². The number of rotatable bonds is 0. The van der Waals surface area contributed by atoms with Gasteiger partial charge in [-0.25, -0.2) is 0 Å². The molecular formula is C10H13NO. The van der Waals surface area contributed by atoms with Gasteiger partial charge < -0.3 is 5.32 Å². The molecule has 0 aromatic carbocycles. The molecule has 64 valence electrons. The molecule has 0 bridgehead atoms. The zero-order chi connectivity index (χ0) is 8.55. The van der Waals surface area contributed by atoms with Gasteiger partial charge in [-0.05, 0) is 32.3 Å². The number of hydrogen-bond donors (Lipinski definition) is 1. The number of fused-ring (bicyclic) bond motifs is 1. The van der Waals surface area contributed by atoms with Crippen LogP contribution in [0.2, 0.25) is 0 Å². The molecule has 1 saturated carbocycles. The van der Waals surface area contributed by atoms with Crippen LogP contribution in [0.4, 0.5) is 0 Å². The SMILES string of the molecule is CC1=CC=C2CCC[C@@H]2C(=O)N1. The Bertz CT molecular complexity index is 276. The van der Waals surface area contributed by atoms with Gasteiger partial charge >= 0.3 is 0 Å². The number of carbonyl (C=O) groups is 1. The molecule has 1 aliphatic heterocycles. The fourth-order valence-corrected chi connectivity index (χ4v) is 1.92. The van der Waals surface area contributed by atoms with Crippen molar-refractivity contribution in [1.29, 1.82) is 0 Å². The highest BCUT2D eigenvalue weighted by Crippen LogP contribution is 2.32. The van der Waals surface area contributed by atoms with Gasteiger partial charge in [0.15, 0.2) is 0 Å². The Morgan fingerprint density at radius 3 is 3.17 bits per heavy atom. The van der Waals surface area contributed by atoms with Gasteiger partial charge in [-0.2, -0.15) is 0 Å². The molecule has 2 heteroatoms. The molecule has 1 atom stereocenters. The summed E-state index contributed by atoms with van der Waals surface area (Å²) in [6, 6.07) is 0. The highest BCUT2D eigenvalue weighted by molar-refractivity contribution is 5.84. The van der Waals surface area contributed by atoms with Gasteiger partial charge in [0.25, 0.3) is 0 Å². The maximum Gasteiger partial charge on any atom is 0.231 e. The lowest BCUT2D eigenvalue weighted by molar-refractivity contribution is -0.122. The second-order valence-corrected chi connectivity index (χ2v) is 3.53. The molecule has 12 heavy (non-hydrogen) atoms. The lowest BCUT2D eigenvalue weighted by Crippen LogP contribution is -2.27. The molecule has 0 aromatic rings. The number of amides is 1. The first-order valence-electron chi connectivity index (χ1n) is 4.45. The number of allylic oxidation sites excluding steroid dienone is 3. The highest BCUT2D eigenvalue weighted by Gasteiger charge is 2.28. The van der Waals surface area contributed by atoms with E-state index in [0.717, 1.165) is 25.0 Å². The Morgan fingerprint density at radius 2 is 2.33 bits per heavy atom. The molecule has 0 unspecified atom stereocenters. The Balaban J connectivity index is 2.31. The first-order valence-corrected chi connectivity index (χ1v) is 4.45. The Morgan fingerprint density at radius 1 is 1.50 bits per heavy atom. The lowest BCUT2D eigenvalue weighted by Gasteiger charge is -2.08. The fraction of sp³-hybridized carbons (Fsp3) is 0.500. The van der Waals surface area contributed by atoms with E-state index < -0.39 is 0 Å². The first-order chi connectivity index (χ1) is 5.77. The predicted octanol–water partition coefficient (Wildman–Crippen LogP) is 1.75. The second-order valence-electron chi connectivity index (χ2n) is 3.53. The maximum atomic E-state index is 11.5. The largest absolute Gasteiger partial charge is 0.330 e. The summed E-state index contributed by atoms with van der Waals surface area (Å²) in [5, 5.41) is 2.88. The van der Waals surface area contributed by atoms with Crippen LogP contribution in [0.25, 0.3) is 0 Å². The van der Waals surface area contributed by atoms with Crippen molar-refractivity contribution in [2.45, 2.75) is 26.2 Å². The van der Waals surface area contributed by atoms with Gasteiger partial charge in [-0.1, -0.05) is 11.6 Å². The van der Waals surface area contributed by atoms with Crippen LogP contribution < -0.4 is 5.32 Å². The van der Waals surface area contributed by atoms with Gasteiger partial charge in [-0.3, -0.25) is 4.79 Å². The topological polar surface area (TPSA) is 29.1 Å². The van der Waals surface area contributed by atoms with Crippen LogP contribution >= 0.6 is 0 Å². The minimum atomic E-state index is 0.165. The number of hydrogen-bond acceptors (Lipinski definition) is 1. The van der Waals surface area contributed by atoms with Gasteiger partial charge in [-0.15, -0.1) is 0 Å². The second kappa shape index (κ2) is 2.77. The van der Waals surface area contributed by atoms with E-state index in [-0.39, 0.29) is 11.8 Å². The number of nitrogens with one attached hydrogen (secondary N) is 1. The summed E-state index contributed by atoms with van der Waals surface area (Å²) in [4.78, 5) is 11.5. The van der Waals surface area contributed by atoms with E-state index >= 15 is 0 Å². The summed E-state index contributed by atoms with van der Waals surface area (Å²) in [6.45, 7) is 1.93. The van der Waals surface area contributed by atoms with Crippen molar-refractivity contribution in [3.05, 3.63) is 23.4 Å². The van der Waals surface area contributed by atoms with Gasteiger partial charge in [0.2, 0.25) is 5.91 Å². The molecule has 2 rings (SSSR count). The minimum absolute atomic E-state index is 0.165. The third-order valence-corrected chi connectivity index (χ3v) is 2.59. The smallest absolute Gasteiger partial charge is 0.231 e. The standard InChI is InChI=1S/C10H13NO/c1-7-5-6-8-3-2-4-9(8)10(12)11-7/h5-6,9H,2-4H2,1H3,(H,11,12)/t9-/m0/s1. The molecule has 0 spiro atoms. The molecule has 2 aliphatic rings.